The summed E-state index contributed by atoms with van der Waals surface area (Å²) in [6, 6.07) is 12.3. The van der Waals surface area contributed by atoms with Crippen molar-refractivity contribution in [2.75, 3.05) is 0 Å². The van der Waals surface area contributed by atoms with Crippen molar-refractivity contribution >= 4 is 29.3 Å². The normalized spacial score (nSPS) is 18.8. The Morgan fingerprint density at radius 1 is 1.04 bits per heavy atom. The fraction of sp³-hybridized carbons (Fsp3) is 0.476. The number of carboxylic acid groups (broad SMARTS) is 1. The molecule has 0 atom stereocenters. The first kappa shape index (κ1) is 19.9. The summed E-state index contributed by atoms with van der Waals surface area (Å²) in [6.45, 7) is 12.0. The van der Waals surface area contributed by atoms with Crippen molar-refractivity contribution in [1.29, 1.82) is 0 Å². The van der Waals surface area contributed by atoms with Gasteiger partial charge in [-0.25, -0.2) is 0 Å². The fourth-order valence-electron chi connectivity index (χ4n) is 2.95. The monoisotopic (exact) mass is 369 g/mol. The van der Waals surface area contributed by atoms with Crippen LogP contribution in [0.2, 0.25) is 0 Å². The van der Waals surface area contributed by atoms with Gasteiger partial charge < -0.3 is 14.4 Å². The summed E-state index contributed by atoms with van der Waals surface area (Å²) in [6.07, 6.45) is 0. The third-order valence-corrected chi connectivity index (χ3v) is 5.72. The standard InChI is InChI=1S/C21H28BNO4/c1-19(2,18(24)25)23-13-14-7-8-16-12-17(10-9-15(16)11-14)22-26-20(3,4)21(5,6)27-22/h7-12,23H,13H2,1-6H3,(H,24,25). The highest BCUT2D eigenvalue weighted by atomic mass is 16.7. The van der Waals surface area contributed by atoms with Gasteiger partial charge >= 0.3 is 13.1 Å². The van der Waals surface area contributed by atoms with Crippen LogP contribution in [-0.4, -0.2) is 34.9 Å². The van der Waals surface area contributed by atoms with Crippen molar-refractivity contribution in [2.45, 2.75) is 64.8 Å². The molecule has 27 heavy (non-hydrogen) atoms. The van der Waals surface area contributed by atoms with Crippen LogP contribution in [-0.2, 0) is 20.6 Å². The number of carbonyl (C=O) groups is 1. The number of aliphatic carboxylic acids is 1. The predicted molar refractivity (Wildman–Crippen MR) is 108 cm³/mol. The number of hydrogen-bond donors (Lipinski definition) is 2. The largest absolute Gasteiger partial charge is 0.494 e. The van der Waals surface area contributed by atoms with E-state index in [1.807, 2.05) is 39.8 Å². The summed E-state index contributed by atoms with van der Waals surface area (Å²) < 4.78 is 12.3. The van der Waals surface area contributed by atoms with Gasteiger partial charge in [0.1, 0.15) is 5.54 Å². The first-order valence-corrected chi connectivity index (χ1v) is 9.28. The van der Waals surface area contributed by atoms with Gasteiger partial charge in [-0.05, 0) is 69.4 Å². The van der Waals surface area contributed by atoms with Crippen molar-refractivity contribution in [2.24, 2.45) is 0 Å². The lowest BCUT2D eigenvalue weighted by molar-refractivity contribution is -0.143. The Morgan fingerprint density at radius 3 is 2.19 bits per heavy atom. The third kappa shape index (κ3) is 3.88. The molecule has 2 aromatic rings. The fourth-order valence-corrected chi connectivity index (χ4v) is 2.95. The summed E-state index contributed by atoms with van der Waals surface area (Å²) in [7, 11) is -0.378. The second-order valence-electron chi connectivity index (χ2n) is 8.81. The lowest BCUT2D eigenvalue weighted by atomic mass is 9.78. The highest BCUT2D eigenvalue weighted by Crippen LogP contribution is 2.36. The summed E-state index contributed by atoms with van der Waals surface area (Å²) in [4.78, 5) is 11.2. The van der Waals surface area contributed by atoms with Gasteiger partial charge in [0.15, 0.2) is 0 Å². The highest BCUT2D eigenvalue weighted by molar-refractivity contribution is 6.62. The molecular weight excluding hydrogens is 341 g/mol. The minimum atomic E-state index is -0.963. The van der Waals surface area contributed by atoms with Crippen LogP contribution in [0.5, 0.6) is 0 Å². The Hall–Kier alpha value is -1.89. The zero-order valence-corrected chi connectivity index (χ0v) is 16.9. The van der Waals surface area contributed by atoms with Crippen molar-refractivity contribution in [1.82, 2.24) is 5.32 Å². The molecule has 0 amide bonds. The molecule has 1 heterocycles. The van der Waals surface area contributed by atoms with Gasteiger partial charge in [0.05, 0.1) is 11.2 Å². The SMILES string of the molecule is CC(C)(NCc1ccc2cc(B3OC(C)(C)C(C)(C)O3)ccc2c1)C(=O)O. The van der Waals surface area contributed by atoms with Crippen LogP contribution in [0.25, 0.3) is 10.8 Å². The van der Waals surface area contributed by atoms with Gasteiger partial charge in [0.2, 0.25) is 0 Å². The summed E-state index contributed by atoms with van der Waals surface area (Å²) in [5.41, 5.74) is 0.354. The van der Waals surface area contributed by atoms with Gasteiger partial charge in [-0.15, -0.1) is 0 Å². The van der Waals surface area contributed by atoms with Crippen LogP contribution in [0.15, 0.2) is 36.4 Å². The number of hydrogen-bond acceptors (Lipinski definition) is 4. The van der Waals surface area contributed by atoms with Crippen LogP contribution in [0.4, 0.5) is 0 Å². The van der Waals surface area contributed by atoms with E-state index in [-0.39, 0.29) is 18.3 Å². The van der Waals surface area contributed by atoms with E-state index < -0.39 is 11.5 Å². The first-order valence-electron chi connectivity index (χ1n) is 9.28. The number of fused-ring (bicyclic) bond motifs is 1. The molecule has 0 bridgehead atoms. The van der Waals surface area contributed by atoms with Crippen LogP contribution in [0.1, 0.15) is 47.1 Å². The van der Waals surface area contributed by atoms with Crippen LogP contribution in [0, 0.1) is 0 Å². The zero-order chi connectivity index (χ0) is 20.0. The molecule has 0 aliphatic carbocycles. The average molecular weight is 369 g/mol. The summed E-state index contributed by atoms with van der Waals surface area (Å²) in [5.74, 6) is -0.865. The second-order valence-corrected chi connectivity index (χ2v) is 8.81. The molecule has 0 aromatic heterocycles. The average Bonchev–Trinajstić information content (AvgIpc) is 2.80. The van der Waals surface area contributed by atoms with E-state index in [0.717, 1.165) is 21.8 Å². The Balaban J connectivity index is 1.79. The molecular formula is C21H28BNO4. The van der Waals surface area contributed by atoms with Gasteiger partial charge in [-0.1, -0.05) is 30.3 Å². The van der Waals surface area contributed by atoms with Gasteiger partial charge in [-0.3, -0.25) is 10.1 Å². The first-order chi connectivity index (χ1) is 12.4. The Morgan fingerprint density at radius 2 is 1.59 bits per heavy atom. The highest BCUT2D eigenvalue weighted by Gasteiger charge is 2.51. The smallest absolute Gasteiger partial charge is 0.480 e. The quantitative estimate of drug-likeness (QED) is 0.793. The number of benzene rings is 2. The molecule has 1 aliphatic heterocycles. The Kier molecular flexibility index (Phi) is 4.87. The van der Waals surface area contributed by atoms with Crippen LogP contribution < -0.4 is 10.8 Å². The Bertz CT molecular complexity index is 860. The van der Waals surface area contributed by atoms with E-state index in [4.69, 9.17) is 9.31 Å². The topological polar surface area (TPSA) is 67.8 Å². The van der Waals surface area contributed by atoms with E-state index in [2.05, 4.69) is 29.6 Å². The minimum Gasteiger partial charge on any atom is -0.480 e. The van der Waals surface area contributed by atoms with Crippen molar-refractivity contribution in [3.05, 3.63) is 42.0 Å². The molecule has 0 saturated carbocycles. The maximum atomic E-state index is 11.2. The van der Waals surface area contributed by atoms with Crippen LogP contribution >= 0.6 is 0 Å². The third-order valence-electron chi connectivity index (χ3n) is 5.72. The Labute approximate surface area is 161 Å². The van der Waals surface area contributed by atoms with E-state index >= 15 is 0 Å². The minimum absolute atomic E-state index is 0.362. The second kappa shape index (κ2) is 6.62. The molecule has 6 heteroatoms. The van der Waals surface area contributed by atoms with E-state index in [1.54, 1.807) is 13.8 Å². The molecule has 2 aromatic carbocycles. The zero-order valence-electron chi connectivity index (χ0n) is 16.9. The lowest BCUT2D eigenvalue weighted by Crippen LogP contribution is -2.46. The number of rotatable bonds is 5. The molecule has 2 N–H and O–H groups in total. The molecule has 3 rings (SSSR count). The van der Waals surface area contributed by atoms with Crippen LogP contribution in [0.3, 0.4) is 0 Å². The van der Waals surface area contributed by atoms with Gasteiger partial charge in [0.25, 0.3) is 0 Å². The maximum absolute atomic E-state index is 11.2. The molecule has 1 fully saturated rings. The van der Waals surface area contributed by atoms with E-state index in [1.165, 1.54) is 0 Å². The van der Waals surface area contributed by atoms with E-state index in [0.29, 0.717) is 6.54 Å². The predicted octanol–water partition coefficient (Wildman–Crippen LogP) is 3.09. The molecule has 5 nitrogen and oxygen atoms in total. The number of carboxylic acids is 1. The van der Waals surface area contributed by atoms with E-state index in [9.17, 15) is 9.90 Å². The van der Waals surface area contributed by atoms with Crippen molar-refractivity contribution < 1.29 is 19.2 Å². The molecule has 144 valence electrons. The van der Waals surface area contributed by atoms with Crippen molar-refractivity contribution in [3.8, 4) is 0 Å². The van der Waals surface area contributed by atoms with Gasteiger partial charge in [-0.2, -0.15) is 0 Å². The molecule has 0 spiro atoms. The van der Waals surface area contributed by atoms with Gasteiger partial charge in [0, 0.05) is 6.54 Å². The maximum Gasteiger partial charge on any atom is 0.494 e. The summed E-state index contributed by atoms with van der Waals surface area (Å²) >= 11 is 0. The molecule has 0 unspecified atom stereocenters. The lowest BCUT2D eigenvalue weighted by Gasteiger charge is -2.32. The molecule has 1 aliphatic rings. The van der Waals surface area contributed by atoms with Crippen molar-refractivity contribution in [3.63, 3.8) is 0 Å². The molecule has 0 radical (unpaired) electrons. The molecule has 1 saturated heterocycles. The summed E-state index contributed by atoms with van der Waals surface area (Å²) in [5, 5.41) is 14.5. The number of nitrogens with one attached hydrogen (secondary N) is 1.